The predicted octanol–water partition coefficient (Wildman–Crippen LogP) is 1.91. The van der Waals surface area contributed by atoms with Crippen LogP contribution < -0.4 is 15.4 Å². The van der Waals surface area contributed by atoms with Crippen LogP contribution in [0.15, 0.2) is 35.5 Å². The molecule has 1 aromatic rings. The number of rotatable bonds is 3. The summed E-state index contributed by atoms with van der Waals surface area (Å²) in [6.07, 6.45) is 0. The molecule has 5 nitrogen and oxygen atoms in total. The van der Waals surface area contributed by atoms with Gasteiger partial charge in [0.1, 0.15) is 5.75 Å². The highest BCUT2D eigenvalue weighted by molar-refractivity contribution is 5.98. The first kappa shape index (κ1) is 13.1. The van der Waals surface area contributed by atoms with Crippen LogP contribution in [0.5, 0.6) is 5.75 Å². The van der Waals surface area contributed by atoms with E-state index in [4.69, 9.17) is 4.74 Å². The molecule has 0 saturated carbocycles. The first-order chi connectivity index (χ1) is 9.02. The van der Waals surface area contributed by atoms with Crippen LogP contribution in [-0.4, -0.2) is 18.9 Å². The quantitative estimate of drug-likeness (QED) is 0.872. The molecular weight excluding hydrogens is 244 g/mol. The molecule has 0 radical (unpaired) electrons. The van der Waals surface area contributed by atoms with Gasteiger partial charge in [-0.2, -0.15) is 0 Å². The largest absolute Gasteiger partial charge is 0.497 e. The summed E-state index contributed by atoms with van der Waals surface area (Å²) in [4.78, 5) is 23.4. The number of ether oxygens (including phenoxy) is 1. The Labute approximate surface area is 111 Å². The fourth-order valence-corrected chi connectivity index (χ4v) is 2.23. The van der Waals surface area contributed by atoms with Crippen LogP contribution in [0.3, 0.4) is 0 Å². The van der Waals surface area contributed by atoms with Crippen LogP contribution in [-0.2, 0) is 4.79 Å². The number of benzene rings is 1. The van der Waals surface area contributed by atoms with E-state index in [2.05, 4.69) is 10.6 Å². The van der Waals surface area contributed by atoms with Gasteiger partial charge < -0.3 is 15.4 Å². The summed E-state index contributed by atoms with van der Waals surface area (Å²) in [6, 6.07) is 6.56. The van der Waals surface area contributed by atoms with Gasteiger partial charge in [-0.3, -0.25) is 4.79 Å². The predicted molar refractivity (Wildman–Crippen MR) is 70.8 cm³/mol. The van der Waals surface area contributed by atoms with Crippen molar-refractivity contribution in [2.45, 2.75) is 19.9 Å². The van der Waals surface area contributed by atoms with E-state index < -0.39 is 6.04 Å². The van der Waals surface area contributed by atoms with Crippen molar-refractivity contribution in [1.82, 2.24) is 10.6 Å². The molecule has 2 amide bonds. The van der Waals surface area contributed by atoms with E-state index in [1.165, 1.54) is 6.92 Å². The van der Waals surface area contributed by atoms with Gasteiger partial charge in [-0.1, -0.05) is 12.1 Å². The molecular formula is C14H16N2O3. The van der Waals surface area contributed by atoms with Crippen LogP contribution in [0.2, 0.25) is 0 Å². The molecule has 19 heavy (non-hydrogen) atoms. The Morgan fingerprint density at radius 3 is 2.74 bits per heavy atom. The first-order valence-electron chi connectivity index (χ1n) is 5.96. The normalized spacial score (nSPS) is 18.7. The Hall–Kier alpha value is -2.30. The van der Waals surface area contributed by atoms with Crippen molar-refractivity contribution in [2.75, 3.05) is 7.11 Å². The molecule has 2 rings (SSSR count). The molecule has 5 heteroatoms. The molecule has 1 atom stereocenters. The number of methoxy groups -OCH3 is 1. The van der Waals surface area contributed by atoms with Gasteiger partial charge in [-0.05, 0) is 31.5 Å². The molecule has 1 aliphatic heterocycles. The highest BCUT2D eigenvalue weighted by atomic mass is 16.5. The van der Waals surface area contributed by atoms with Crippen molar-refractivity contribution in [1.29, 1.82) is 0 Å². The topological polar surface area (TPSA) is 67.4 Å². The standard InChI is InChI=1S/C14H16N2O3/c1-8-12(9(2)17)13(16-14(18)15-8)10-5-4-6-11(7-10)19-3/h4-7,13H,1-3H3,(H2,15,16,18)/t13-/m0/s1. The maximum atomic E-state index is 11.8. The van der Waals surface area contributed by atoms with Gasteiger partial charge in [0.05, 0.1) is 13.2 Å². The number of Topliss-reactive ketones (excluding diaryl/α,β-unsaturated/α-hetero) is 1. The molecule has 0 aliphatic carbocycles. The summed E-state index contributed by atoms with van der Waals surface area (Å²) >= 11 is 0. The SMILES string of the molecule is COc1cccc([C@@H]2NC(=O)NC(C)=C2C(C)=O)c1. The van der Waals surface area contributed by atoms with E-state index in [9.17, 15) is 9.59 Å². The molecule has 1 aromatic carbocycles. The van der Waals surface area contributed by atoms with Gasteiger partial charge >= 0.3 is 6.03 Å². The number of allylic oxidation sites excluding steroid dienone is 1. The van der Waals surface area contributed by atoms with E-state index in [1.54, 1.807) is 14.0 Å². The maximum absolute atomic E-state index is 11.8. The molecule has 1 aliphatic rings. The second-order valence-corrected chi connectivity index (χ2v) is 4.40. The van der Waals surface area contributed by atoms with Crippen LogP contribution in [0.25, 0.3) is 0 Å². The molecule has 0 fully saturated rings. The van der Waals surface area contributed by atoms with Crippen molar-refractivity contribution in [3.63, 3.8) is 0 Å². The van der Waals surface area contributed by atoms with Crippen molar-refractivity contribution < 1.29 is 14.3 Å². The second-order valence-electron chi connectivity index (χ2n) is 4.40. The Balaban J connectivity index is 2.48. The van der Waals surface area contributed by atoms with E-state index >= 15 is 0 Å². The van der Waals surface area contributed by atoms with E-state index in [0.717, 1.165) is 5.56 Å². The number of amides is 2. The molecule has 1 heterocycles. The molecule has 0 unspecified atom stereocenters. The van der Waals surface area contributed by atoms with E-state index in [-0.39, 0.29) is 11.8 Å². The minimum absolute atomic E-state index is 0.0715. The highest BCUT2D eigenvalue weighted by Gasteiger charge is 2.29. The van der Waals surface area contributed by atoms with Gasteiger partial charge in [0.15, 0.2) is 5.78 Å². The maximum Gasteiger partial charge on any atom is 0.319 e. The fourth-order valence-electron chi connectivity index (χ4n) is 2.23. The monoisotopic (exact) mass is 260 g/mol. The zero-order valence-electron chi connectivity index (χ0n) is 11.1. The molecule has 0 spiro atoms. The van der Waals surface area contributed by atoms with Crippen LogP contribution >= 0.6 is 0 Å². The van der Waals surface area contributed by atoms with Crippen LogP contribution in [0.1, 0.15) is 25.5 Å². The zero-order chi connectivity index (χ0) is 14.0. The van der Waals surface area contributed by atoms with Crippen molar-refractivity contribution in [3.05, 3.63) is 41.1 Å². The number of hydrogen-bond donors (Lipinski definition) is 2. The fraction of sp³-hybridized carbons (Fsp3) is 0.286. The lowest BCUT2D eigenvalue weighted by Gasteiger charge is -2.28. The summed E-state index contributed by atoms with van der Waals surface area (Å²) in [6.45, 7) is 3.22. The van der Waals surface area contributed by atoms with Gasteiger partial charge in [-0.25, -0.2) is 4.79 Å². The summed E-state index contributed by atoms with van der Waals surface area (Å²) in [7, 11) is 1.58. The van der Waals surface area contributed by atoms with Gasteiger partial charge in [-0.15, -0.1) is 0 Å². The number of nitrogens with one attached hydrogen (secondary N) is 2. The van der Waals surface area contributed by atoms with Crippen molar-refractivity contribution in [2.24, 2.45) is 0 Å². The molecule has 0 aromatic heterocycles. The minimum Gasteiger partial charge on any atom is -0.497 e. The third-order valence-electron chi connectivity index (χ3n) is 3.08. The van der Waals surface area contributed by atoms with E-state index in [0.29, 0.717) is 17.0 Å². The lowest BCUT2D eigenvalue weighted by molar-refractivity contribution is -0.114. The van der Waals surface area contributed by atoms with Crippen molar-refractivity contribution in [3.8, 4) is 5.75 Å². The molecule has 0 bridgehead atoms. The number of carbonyl (C=O) groups is 2. The Morgan fingerprint density at radius 1 is 1.37 bits per heavy atom. The number of carbonyl (C=O) groups excluding carboxylic acids is 2. The number of ketones is 1. The van der Waals surface area contributed by atoms with Crippen LogP contribution in [0, 0.1) is 0 Å². The van der Waals surface area contributed by atoms with Crippen molar-refractivity contribution >= 4 is 11.8 Å². The molecule has 0 saturated heterocycles. The molecule has 100 valence electrons. The zero-order valence-corrected chi connectivity index (χ0v) is 11.1. The molecule has 2 N–H and O–H groups in total. The Morgan fingerprint density at radius 2 is 2.11 bits per heavy atom. The minimum atomic E-state index is -0.443. The number of urea groups is 1. The van der Waals surface area contributed by atoms with Gasteiger partial charge in [0.2, 0.25) is 0 Å². The van der Waals surface area contributed by atoms with Gasteiger partial charge in [0, 0.05) is 11.3 Å². The van der Waals surface area contributed by atoms with Crippen LogP contribution in [0.4, 0.5) is 4.79 Å². The average molecular weight is 260 g/mol. The van der Waals surface area contributed by atoms with Gasteiger partial charge in [0.25, 0.3) is 0 Å². The summed E-state index contributed by atoms with van der Waals surface area (Å²) in [5, 5.41) is 5.38. The Kier molecular flexibility index (Phi) is 3.55. The summed E-state index contributed by atoms with van der Waals surface area (Å²) in [5.74, 6) is 0.614. The third-order valence-corrected chi connectivity index (χ3v) is 3.08. The first-order valence-corrected chi connectivity index (χ1v) is 5.96. The summed E-state index contributed by atoms with van der Waals surface area (Å²) < 4.78 is 5.17. The summed E-state index contributed by atoms with van der Waals surface area (Å²) in [5.41, 5.74) is 1.97. The lowest BCUT2D eigenvalue weighted by atomic mass is 9.93. The van der Waals surface area contributed by atoms with E-state index in [1.807, 2.05) is 24.3 Å². The number of hydrogen-bond acceptors (Lipinski definition) is 3. The third kappa shape index (κ3) is 2.59. The highest BCUT2D eigenvalue weighted by Crippen LogP contribution is 2.29. The smallest absolute Gasteiger partial charge is 0.319 e. The lowest BCUT2D eigenvalue weighted by Crippen LogP contribution is -2.44. The second kappa shape index (κ2) is 5.14. The average Bonchev–Trinajstić information content (AvgIpc) is 2.37. The Bertz CT molecular complexity index is 564.